The molecule has 0 aromatic heterocycles. The van der Waals surface area contributed by atoms with Gasteiger partial charge in [-0.3, -0.25) is 38.6 Å². The van der Waals surface area contributed by atoms with E-state index in [4.69, 9.17) is 76.5 Å². The Morgan fingerprint density at radius 1 is 0.300 bits per heavy atom. The van der Waals surface area contributed by atoms with Crippen molar-refractivity contribution in [2.45, 2.75) is 228 Å². The second kappa shape index (κ2) is 60.5. The smallest absolute Gasteiger partial charge is 0.338 e. The van der Waals surface area contributed by atoms with Crippen molar-refractivity contribution in [3.05, 3.63) is 110 Å². The topological polar surface area (TPSA) is 895 Å². The number of carboxylic acid groups (broad SMARTS) is 5. The third kappa shape index (κ3) is 36.8. The van der Waals surface area contributed by atoms with Gasteiger partial charge < -0.3 is 232 Å². The van der Waals surface area contributed by atoms with Crippen molar-refractivity contribution < 1.29 is 230 Å². The van der Waals surface area contributed by atoms with Gasteiger partial charge in [-0.1, -0.05) is 13.2 Å². The van der Waals surface area contributed by atoms with Crippen LogP contribution in [0.1, 0.15) is 19.8 Å². The van der Waals surface area contributed by atoms with Gasteiger partial charge in [-0.2, -0.15) is 0 Å². The first-order chi connectivity index (χ1) is 71.3. The molecule has 22 saturated heterocycles. The number of hydrogen-bond donors (Lipinski definition) is 33. The highest BCUT2D eigenvalue weighted by Crippen LogP contribution is 2.42. The number of quaternary nitrogens is 1. The summed E-state index contributed by atoms with van der Waals surface area (Å²) in [5, 5.41) is 268. The monoisotopic (exact) mass is 2150 g/mol. The molecule has 60 heteroatoms. The fourth-order valence-corrected chi connectivity index (χ4v) is 17.1. The summed E-state index contributed by atoms with van der Waals surface area (Å²) in [6, 6.07) is 0. The van der Waals surface area contributed by atoms with E-state index < -0.39 is 338 Å². The Balaban J connectivity index is 1.16. The van der Waals surface area contributed by atoms with Gasteiger partial charge in [0.1, 0.15) is 170 Å². The summed E-state index contributed by atoms with van der Waals surface area (Å²) in [7, 11) is 0. The van der Waals surface area contributed by atoms with E-state index in [1.54, 1.807) is 0 Å². The average Bonchev–Trinajstić information content (AvgIpc) is 0.780. The molecule has 0 spiro atoms. The summed E-state index contributed by atoms with van der Waals surface area (Å²) in [6.07, 6.45) is -60.2. The summed E-state index contributed by atoms with van der Waals surface area (Å²) in [5.41, 5.74) is -2.18. The number of carboxylic acids is 5. The average molecular weight is 2150 g/mol. The highest BCUT2D eigenvalue weighted by Gasteiger charge is 2.62. The van der Waals surface area contributed by atoms with Gasteiger partial charge in [0.2, 0.25) is 29.5 Å². The van der Waals surface area contributed by atoms with Crippen LogP contribution < -0.4 is 69.1 Å². The molecule has 6 amide bonds. The SMILES string of the molecule is C=C(O)/C=C\C(=C)NCCNCC1OC2OC3C(CNCCNC(=O)/C=C\C(=O)O)OC(OC4C(CNCCNC(=O)/C=C\C(=O)O)OC(OC5C(CNCCNC(=O)/C=C\C(=O)O)OC(OC6(CCNCC[N+]7(C(=O)/C=C\C(=O)O)CCC7)COC(OC7C(CNCCNC(=O)/C=C\C(=O)O)OC(OC8C(CNCNC(=O)/C=C\C(C)=O)OC(OC1C(O)C2O)C(O)C8O)C(O)C7O)C(O)C6O)C(O)C5O)C(O)C4O)C(O)C3O. The predicted molar refractivity (Wildman–Crippen MR) is 500 cm³/mol. The Hall–Kier alpha value is -10.1. The molecule has 22 fully saturated rings. The van der Waals surface area contributed by atoms with Crippen LogP contribution in [0, 0.1) is 0 Å². The van der Waals surface area contributed by atoms with Crippen molar-refractivity contribution in [2.24, 2.45) is 0 Å². The Bertz CT molecular complexity index is 4690. The maximum atomic E-state index is 13.5. The third-order valence-corrected chi connectivity index (χ3v) is 25.0. The number of carbonyl (C=O) groups is 12. The van der Waals surface area contributed by atoms with Gasteiger partial charge >= 0.3 is 35.8 Å². The molecule has 22 rings (SSSR count). The second-order valence-corrected chi connectivity index (χ2v) is 36.0. The van der Waals surface area contributed by atoms with E-state index in [0.717, 1.165) is 25.2 Å². The summed E-state index contributed by atoms with van der Waals surface area (Å²) < 4.78 is 89.5. The van der Waals surface area contributed by atoms with Crippen molar-refractivity contribution in [3.63, 3.8) is 0 Å². The highest BCUT2D eigenvalue weighted by molar-refractivity contribution is 5.97. The molecule has 34 atom stereocenters. The fraction of sp³-hybridized carbons (Fsp3) is 0.667. The molecule has 22 aliphatic rings. The standard InChI is InChI=1S/C90H136N14O46/c1-43(5-6-44(2)105)98-26-21-92-36-47-77-64(124)70(130)85(139-47)145-78-48(37-94-23-28-100-53(108)10-15-59(115)116)140-86(71(131)65(78)125)146-79-49(38-95-24-29-101-54(109)11-16-60(117)118)141-87(72(132)66(79)126)148-80-50(39-96-25-30-102-55(110)12-17-61(119)120)143-89(74(134)68(80)128)150-90(19-20-91-31-34-104(32-4-33-104)57(112)13-18-62(121)122)41-137-83(75(135)82(90)136)144-76-46(35-93-22-27-99-52(107)9-14-58(113)114)138-84(69(129)63(76)123)149-81-51(142-88(147-77)73(133)67(81)127)40-97-42-103-56(111)8-7-45(3)106/h5-18,46-51,63-89,91-98,123-136H,1-2,4,19-42H2,3H3,(H10-,99,100,101,102,103,105,107,108,109,110,111,113,114,115,116,117,118,119,120,121,122)/p+1/b6-5-,8-7-,14-9-,15-10-,16-11-,17-12-,18-13-. The summed E-state index contributed by atoms with van der Waals surface area (Å²) in [6.45, 7) is 1.89. The van der Waals surface area contributed by atoms with Crippen LogP contribution in [0.25, 0.3) is 0 Å². The number of aliphatic hydroxyl groups is 15. The largest absolute Gasteiger partial charge is 0.509 e. The molecule has 0 saturated carbocycles. The number of nitrogens with one attached hydrogen (secondary N) is 13. The van der Waals surface area contributed by atoms with Gasteiger partial charge in [-0.25, -0.2) is 28.8 Å². The number of allylic oxidation sites excluding steroid dienone is 3. The second-order valence-electron chi connectivity index (χ2n) is 36.0. The quantitative estimate of drug-likeness (QED) is 0.00671. The number of hydrogen-bond acceptors (Lipinski definition) is 49. The van der Waals surface area contributed by atoms with Crippen LogP contribution in [0.4, 0.5) is 0 Å². The van der Waals surface area contributed by atoms with E-state index in [0.29, 0.717) is 74.2 Å². The lowest BCUT2D eigenvalue weighted by Gasteiger charge is -2.52. The Labute approximate surface area is 855 Å². The van der Waals surface area contributed by atoms with Crippen LogP contribution in [0.5, 0.6) is 0 Å². The zero-order chi connectivity index (χ0) is 110. The molecule has 22 aliphatic heterocycles. The molecular formula is C90H137N14O46+. The van der Waals surface area contributed by atoms with E-state index in [9.17, 15) is 149 Å². The molecular weight excluding hydrogens is 2010 g/mol. The van der Waals surface area contributed by atoms with E-state index >= 15 is 0 Å². The van der Waals surface area contributed by atoms with Crippen molar-refractivity contribution in [1.82, 2.24) is 69.1 Å². The maximum absolute atomic E-state index is 13.5. The Morgan fingerprint density at radius 3 is 0.907 bits per heavy atom. The lowest BCUT2D eigenvalue weighted by molar-refractivity contribution is -0.889. The lowest BCUT2D eigenvalue weighted by atomic mass is 9.86. The van der Waals surface area contributed by atoms with Crippen LogP contribution in [0.2, 0.25) is 0 Å². The highest BCUT2D eigenvalue weighted by atomic mass is 16.8. The number of aliphatic hydroxyl groups excluding tert-OH is 15. The van der Waals surface area contributed by atoms with Gasteiger partial charge in [0.05, 0.1) is 32.9 Å². The predicted octanol–water partition coefficient (Wildman–Crippen LogP) is -16.3. The molecule has 60 nitrogen and oxygen atoms in total. The van der Waals surface area contributed by atoms with Crippen molar-refractivity contribution in [1.29, 1.82) is 0 Å². The van der Waals surface area contributed by atoms with E-state index in [-0.39, 0.29) is 101 Å². The van der Waals surface area contributed by atoms with Crippen molar-refractivity contribution >= 4 is 71.1 Å². The van der Waals surface area contributed by atoms with E-state index in [2.05, 4.69) is 82.3 Å². The Kier molecular flexibility index (Phi) is 49.8. The summed E-state index contributed by atoms with van der Waals surface area (Å²) >= 11 is 0. The van der Waals surface area contributed by atoms with Gasteiger partial charge in [0.15, 0.2) is 49.8 Å². The van der Waals surface area contributed by atoms with Crippen LogP contribution in [0.15, 0.2) is 110 Å². The number of nitrogens with zero attached hydrogens (tertiary/aromatic N) is 1. The molecule has 22 heterocycles. The minimum Gasteiger partial charge on any atom is -0.509 e. The third-order valence-electron chi connectivity index (χ3n) is 25.0. The van der Waals surface area contributed by atoms with Crippen molar-refractivity contribution in [3.8, 4) is 0 Å². The lowest BCUT2D eigenvalue weighted by Crippen LogP contribution is -2.70. The van der Waals surface area contributed by atoms with Gasteiger partial charge in [0, 0.05) is 190 Å². The first-order valence-corrected chi connectivity index (χ1v) is 48.0. The van der Waals surface area contributed by atoms with Crippen LogP contribution in [-0.2, 0) is 124 Å². The normalized spacial score (nSPS) is 34.9. The zero-order valence-electron chi connectivity index (χ0n) is 81.2. The minimum absolute atomic E-state index is 0.0260. The number of ether oxygens (including phenoxy) is 14. The molecule has 0 aromatic rings. The number of amides is 6. The number of carbonyl (C=O) groups excluding carboxylic acids is 7. The van der Waals surface area contributed by atoms with Gasteiger partial charge in [-0.15, -0.1) is 0 Å². The molecule has 34 unspecified atom stereocenters. The Morgan fingerprint density at radius 2 is 0.593 bits per heavy atom. The maximum Gasteiger partial charge on any atom is 0.338 e. The molecule has 33 N–H and O–H groups in total. The molecule has 0 radical (unpaired) electrons. The van der Waals surface area contributed by atoms with Gasteiger partial charge in [0.25, 0.3) is 0 Å². The van der Waals surface area contributed by atoms with Gasteiger partial charge in [-0.05, 0) is 38.1 Å². The molecule has 0 aromatic carbocycles. The first kappa shape index (κ1) is 123. The number of rotatable bonds is 50. The van der Waals surface area contributed by atoms with Crippen LogP contribution in [-0.4, -0.2) is 537 Å². The number of ketones is 1. The summed E-state index contributed by atoms with van der Waals surface area (Å²) in [5.74, 6) is -13.0. The van der Waals surface area contributed by atoms with E-state index in [1.165, 1.54) is 12.2 Å². The molecule has 0 aliphatic carbocycles. The fourth-order valence-electron chi connectivity index (χ4n) is 17.1. The van der Waals surface area contributed by atoms with E-state index in [1.807, 2.05) is 0 Å². The molecule has 14 bridgehead atoms. The van der Waals surface area contributed by atoms with Crippen LogP contribution >= 0.6 is 0 Å². The first-order valence-electron chi connectivity index (χ1n) is 48.0. The number of aliphatic carboxylic acids is 5. The van der Waals surface area contributed by atoms with Crippen LogP contribution in [0.3, 0.4) is 0 Å². The minimum atomic E-state index is -2.44. The number of likely N-dealkylation sites (tertiary alicyclic amines) is 1. The zero-order valence-corrected chi connectivity index (χ0v) is 81.2. The molecule has 842 valence electrons. The summed E-state index contributed by atoms with van der Waals surface area (Å²) in [4.78, 5) is 145. The van der Waals surface area contributed by atoms with Crippen molar-refractivity contribution in [2.75, 3.05) is 151 Å². The molecule has 150 heavy (non-hydrogen) atoms.